The van der Waals surface area contributed by atoms with Gasteiger partial charge in [-0.3, -0.25) is 0 Å². The fourth-order valence-corrected chi connectivity index (χ4v) is 3.82. The summed E-state index contributed by atoms with van der Waals surface area (Å²) in [5.74, 6) is 0. The number of likely N-dealkylation sites (tertiary alicyclic amines) is 1. The number of nitrogens with zero attached hydrogens (tertiary/aromatic N) is 1. The molecule has 116 valence electrons. The zero-order valence-electron chi connectivity index (χ0n) is 12.7. The van der Waals surface area contributed by atoms with Gasteiger partial charge in [0, 0.05) is 21.1 Å². The van der Waals surface area contributed by atoms with Crippen molar-refractivity contribution in [1.82, 2.24) is 4.90 Å². The molecule has 1 aromatic rings. The first-order valence-electron chi connectivity index (χ1n) is 7.24. The number of hydrogen-bond donors (Lipinski definition) is 1. The molecule has 1 aromatic carbocycles. The molecule has 0 saturated carbocycles. The Morgan fingerprint density at radius 2 is 2.19 bits per heavy atom. The van der Waals surface area contributed by atoms with Crippen molar-refractivity contribution in [2.75, 3.05) is 6.54 Å². The van der Waals surface area contributed by atoms with Crippen molar-refractivity contribution in [1.29, 1.82) is 0 Å². The van der Waals surface area contributed by atoms with Crippen LogP contribution < -0.4 is 0 Å². The van der Waals surface area contributed by atoms with Crippen LogP contribution in [0, 0.1) is 3.57 Å². The lowest BCUT2D eigenvalue weighted by molar-refractivity contribution is 0.0226. The van der Waals surface area contributed by atoms with Crippen molar-refractivity contribution in [2.45, 2.75) is 56.6 Å². The monoisotopic (exact) mass is 419 g/mol. The van der Waals surface area contributed by atoms with Crippen LogP contribution in [-0.2, 0) is 11.2 Å². The summed E-state index contributed by atoms with van der Waals surface area (Å²) >= 11 is 6.89. The van der Waals surface area contributed by atoms with Gasteiger partial charge in [-0.05, 0) is 80.3 Å². The Bertz CT molecular complexity index is 507. The maximum atomic E-state index is 12.3. The van der Waals surface area contributed by atoms with Crippen molar-refractivity contribution in [3.63, 3.8) is 0 Å². The summed E-state index contributed by atoms with van der Waals surface area (Å²) in [5.41, 5.74) is 0.780. The van der Waals surface area contributed by atoms with Crippen LogP contribution in [-0.4, -0.2) is 29.2 Å². The number of benzene rings is 1. The van der Waals surface area contributed by atoms with Crippen molar-refractivity contribution in [2.24, 2.45) is 0 Å². The molecule has 0 spiro atoms. The van der Waals surface area contributed by atoms with E-state index in [2.05, 4.69) is 41.3 Å². The average molecular weight is 419 g/mol. The molecule has 0 bridgehead atoms. The minimum absolute atomic E-state index is 0.198. The molecule has 3 nitrogen and oxygen atoms in total. The first-order valence-corrected chi connectivity index (χ1v) is 8.76. The molecule has 1 amide bonds. The van der Waals surface area contributed by atoms with Gasteiger partial charge in [0.25, 0.3) is 0 Å². The van der Waals surface area contributed by atoms with Crippen LogP contribution in [0.25, 0.3) is 0 Å². The number of amides is 1. The summed E-state index contributed by atoms with van der Waals surface area (Å²) in [6.07, 6.45) is 2.71. The number of ether oxygens (including phenoxy) is 1. The largest absolute Gasteiger partial charge is 0.444 e. The number of carbonyl (C=O) groups is 1. The summed E-state index contributed by atoms with van der Waals surface area (Å²) < 4.78 is 6.72. The number of thiol groups is 1. The van der Waals surface area contributed by atoms with Gasteiger partial charge < -0.3 is 9.64 Å². The second-order valence-corrected chi connectivity index (χ2v) is 8.06. The van der Waals surface area contributed by atoms with Crippen molar-refractivity contribution < 1.29 is 9.53 Å². The van der Waals surface area contributed by atoms with Gasteiger partial charge in [0.15, 0.2) is 0 Å². The van der Waals surface area contributed by atoms with Gasteiger partial charge in [0.2, 0.25) is 0 Å². The minimum atomic E-state index is -0.444. The lowest BCUT2D eigenvalue weighted by Crippen LogP contribution is -2.40. The molecule has 2 rings (SSSR count). The molecule has 0 aromatic heterocycles. The average Bonchev–Trinajstić information content (AvgIpc) is 2.80. The Kier molecular flexibility index (Phi) is 5.46. The number of halogens is 1. The van der Waals surface area contributed by atoms with Gasteiger partial charge in [-0.15, -0.1) is 12.6 Å². The van der Waals surface area contributed by atoms with Crippen LogP contribution in [0.4, 0.5) is 4.79 Å². The van der Waals surface area contributed by atoms with Crippen molar-refractivity contribution in [3.05, 3.63) is 27.3 Å². The topological polar surface area (TPSA) is 29.5 Å². The van der Waals surface area contributed by atoms with E-state index in [4.69, 9.17) is 4.74 Å². The zero-order chi connectivity index (χ0) is 15.6. The SMILES string of the molecule is CC(C)(C)OC(=O)N1CCCC1Cc1c(S)cccc1I. The van der Waals surface area contributed by atoms with Crippen molar-refractivity contribution >= 4 is 41.3 Å². The predicted octanol–water partition coefficient (Wildman–Crippen LogP) is 4.52. The summed E-state index contributed by atoms with van der Waals surface area (Å²) in [4.78, 5) is 15.2. The molecule has 5 heteroatoms. The second-order valence-electron chi connectivity index (χ2n) is 6.41. The third-order valence-corrected chi connectivity index (χ3v) is 4.97. The molecule has 1 unspecified atom stereocenters. The maximum Gasteiger partial charge on any atom is 0.410 e. The summed E-state index contributed by atoms with van der Waals surface area (Å²) in [5, 5.41) is 0. The molecule has 1 aliphatic rings. The Hall–Kier alpha value is -0.430. The van der Waals surface area contributed by atoms with Crippen LogP contribution in [0.15, 0.2) is 23.1 Å². The van der Waals surface area contributed by atoms with E-state index in [0.717, 1.165) is 30.7 Å². The lowest BCUT2D eigenvalue weighted by Gasteiger charge is -2.29. The summed E-state index contributed by atoms with van der Waals surface area (Å²) in [6.45, 7) is 6.50. The lowest BCUT2D eigenvalue weighted by atomic mass is 10.0. The highest BCUT2D eigenvalue weighted by Gasteiger charge is 2.32. The molecule has 0 N–H and O–H groups in total. The predicted molar refractivity (Wildman–Crippen MR) is 96.1 cm³/mol. The van der Waals surface area contributed by atoms with Crippen LogP contribution in [0.2, 0.25) is 0 Å². The quantitative estimate of drug-likeness (QED) is 0.564. The minimum Gasteiger partial charge on any atom is -0.444 e. The van der Waals surface area contributed by atoms with Gasteiger partial charge in [-0.2, -0.15) is 0 Å². The van der Waals surface area contributed by atoms with Crippen LogP contribution in [0.3, 0.4) is 0 Å². The normalized spacial score (nSPS) is 18.9. The van der Waals surface area contributed by atoms with E-state index in [0.29, 0.717) is 0 Å². The van der Waals surface area contributed by atoms with Crippen LogP contribution in [0.5, 0.6) is 0 Å². The van der Waals surface area contributed by atoms with Gasteiger partial charge in [-0.1, -0.05) is 6.07 Å². The highest BCUT2D eigenvalue weighted by molar-refractivity contribution is 14.1. The Morgan fingerprint density at radius 1 is 1.48 bits per heavy atom. The van der Waals surface area contributed by atoms with E-state index < -0.39 is 5.60 Å². The molecular formula is C16H22INO2S. The first kappa shape index (κ1) is 16.9. The molecule has 0 radical (unpaired) electrons. The highest BCUT2D eigenvalue weighted by Crippen LogP contribution is 2.28. The third kappa shape index (κ3) is 4.52. The standard InChI is InChI=1S/C16H22INO2S/c1-16(2,3)20-15(19)18-9-5-6-11(18)10-12-13(17)7-4-8-14(12)21/h4,7-8,11,21H,5-6,9-10H2,1-3H3. The van der Waals surface area contributed by atoms with E-state index in [1.165, 1.54) is 9.13 Å². The first-order chi connectivity index (χ1) is 9.78. The number of carbonyl (C=O) groups excluding carboxylic acids is 1. The molecule has 1 fully saturated rings. The second kappa shape index (κ2) is 6.77. The summed E-state index contributed by atoms with van der Waals surface area (Å²) in [7, 11) is 0. The van der Waals surface area contributed by atoms with Gasteiger partial charge >= 0.3 is 6.09 Å². The maximum absolute atomic E-state index is 12.3. The molecule has 1 atom stereocenters. The van der Waals surface area contributed by atoms with Crippen LogP contribution >= 0.6 is 35.2 Å². The molecule has 1 saturated heterocycles. The van der Waals surface area contributed by atoms with Gasteiger partial charge in [0.1, 0.15) is 5.60 Å². The smallest absolute Gasteiger partial charge is 0.410 e. The highest BCUT2D eigenvalue weighted by atomic mass is 127. The molecule has 0 aliphatic carbocycles. The molecule has 1 aliphatic heterocycles. The summed E-state index contributed by atoms with van der Waals surface area (Å²) in [6, 6.07) is 6.31. The van der Waals surface area contributed by atoms with E-state index in [9.17, 15) is 4.79 Å². The Morgan fingerprint density at radius 3 is 2.81 bits per heavy atom. The van der Waals surface area contributed by atoms with E-state index in [1.807, 2.05) is 37.8 Å². The molecular weight excluding hydrogens is 397 g/mol. The Labute approximate surface area is 146 Å². The van der Waals surface area contributed by atoms with E-state index in [1.54, 1.807) is 0 Å². The number of rotatable bonds is 2. The van der Waals surface area contributed by atoms with E-state index in [-0.39, 0.29) is 12.1 Å². The fraction of sp³-hybridized carbons (Fsp3) is 0.562. The zero-order valence-corrected chi connectivity index (χ0v) is 15.8. The molecule has 21 heavy (non-hydrogen) atoms. The van der Waals surface area contributed by atoms with Gasteiger partial charge in [-0.25, -0.2) is 4.79 Å². The number of hydrogen-bond acceptors (Lipinski definition) is 3. The Balaban J connectivity index is 2.11. The van der Waals surface area contributed by atoms with Gasteiger partial charge in [0.05, 0.1) is 0 Å². The fourth-order valence-electron chi connectivity index (χ4n) is 2.59. The van der Waals surface area contributed by atoms with Crippen LogP contribution in [0.1, 0.15) is 39.2 Å². The third-order valence-electron chi connectivity index (χ3n) is 3.54. The van der Waals surface area contributed by atoms with Crippen molar-refractivity contribution in [3.8, 4) is 0 Å². The van der Waals surface area contributed by atoms with E-state index >= 15 is 0 Å². The molecule has 1 heterocycles.